The van der Waals surface area contributed by atoms with Gasteiger partial charge in [-0.2, -0.15) is 0 Å². The molecule has 5 nitrogen and oxygen atoms in total. The second kappa shape index (κ2) is 6.76. The molecule has 0 amide bonds. The molecular weight excluding hydrogens is 320 g/mol. The van der Waals surface area contributed by atoms with Crippen LogP contribution in [0.5, 0.6) is 0 Å². The summed E-state index contributed by atoms with van der Waals surface area (Å²) in [5, 5.41) is 5.29. The molecule has 0 fully saturated rings. The van der Waals surface area contributed by atoms with Crippen LogP contribution < -0.4 is 11.1 Å². The highest BCUT2D eigenvalue weighted by molar-refractivity contribution is 7.13. The number of hydrogen-bond acceptors (Lipinski definition) is 6. The van der Waals surface area contributed by atoms with Crippen molar-refractivity contribution in [1.29, 1.82) is 0 Å². The van der Waals surface area contributed by atoms with Crippen molar-refractivity contribution in [3.05, 3.63) is 64.9 Å². The van der Waals surface area contributed by atoms with Crippen LogP contribution in [0.15, 0.2) is 42.0 Å². The lowest BCUT2D eigenvalue weighted by Crippen LogP contribution is -2.13. The third-order valence-electron chi connectivity index (χ3n) is 3.11. The van der Waals surface area contributed by atoms with Crippen LogP contribution in [-0.2, 0) is 6.42 Å². The number of nitrogens with zero attached hydrogens (tertiary/aromatic N) is 3. The van der Waals surface area contributed by atoms with E-state index in [0.717, 1.165) is 18.0 Å². The van der Waals surface area contributed by atoms with Gasteiger partial charge in [-0.15, -0.1) is 11.3 Å². The smallest absolute Gasteiger partial charge is 0.229 e. The van der Waals surface area contributed by atoms with E-state index in [-0.39, 0.29) is 17.8 Å². The molecule has 3 N–H and O–H groups in total. The third kappa shape index (κ3) is 4.05. The maximum Gasteiger partial charge on any atom is 0.229 e. The van der Waals surface area contributed by atoms with Crippen molar-refractivity contribution in [2.24, 2.45) is 5.73 Å². The number of benzene rings is 1. The maximum absolute atomic E-state index is 12.9. The quantitative estimate of drug-likeness (QED) is 0.750. The molecule has 0 bridgehead atoms. The fraction of sp³-hybridized carbons (Fsp3) is 0.133. The topological polar surface area (TPSA) is 76.7 Å². The molecule has 2 aromatic heterocycles. The fourth-order valence-corrected chi connectivity index (χ4v) is 2.73. The lowest BCUT2D eigenvalue weighted by Gasteiger charge is -2.08. The molecule has 0 unspecified atom stereocenters. The van der Waals surface area contributed by atoms with Crippen LogP contribution in [0.3, 0.4) is 0 Å². The van der Waals surface area contributed by atoms with Crippen LogP contribution in [0.1, 0.15) is 17.3 Å². The van der Waals surface area contributed by atoms with Crippen molar-refractivity contribution in [3.8, 4) is 0 Å². The summed E-state index contributed by atoms with van der Waals surface area (Å²) in [4.78, 5) is 12.0. The summed E-state index contributed by atoms with van der Waals surface area (Å²) in [6.07, 6.45) is 2.70. The minimum absolute atomic E-state index is 0.263. The van der Waals surface area contributed by atoms with Crippen LogP contribution in [-0.4, -0.2) is 15.0 Å². The molecule has 23 heavy (non-hydrogen) atoms. The number of nitrogens with one attached hydrogen (secondary N) is 1. The number of thiazole rings is 1. The monoisotopic (exact) mass is 333 g/mol. The molecule has 1 atom stereocenters. The van der Waals surface area contributed by atoms with Gasteiger partial charge in [0.15, 0.2) is 10.9 Å². The molecular formula is C15H13F2N5S. The predicted octanol–water partition coefficient (Wildman–Crippen LogP) is 3.20. The molecule has 3 rings (SSSR count). The first-order chi connectivity index (χ1) is 11.1. The molecule has 0 saturated heterocycles. The van der Waals surface area contributed by atoms with Crippen LogP contribution in [0, 0.1) is 11.6 Å². The largest absolute Gasteiger partial charge is 0.322 e. The van der Waals surface area contributed by atoms with Gasteiger partial charge in [0.2, 0.25) is 5.95 Å². The van der Waals surface area contributed by atoms with Gasteiger partial charge in [0, 0.05) is 5.38 Å². The van der Waals surface area contributed by atoms with Crippen LogP contribution in [0.2, 0.25) is 0 Å². The zero-order valence-corrected chi connectivity index (χ0v) is 12.7. The Morgan fingerprint density at radius 3 is 2.48 bits per heavy atom. The van der Waals surface area contributed by atoms with Gasteiger partial charge in [-0.25, -0.2) is 23.7 Å². The average Bonchev–Trinajstić information content (AvgIpc) is 3.00. The number of anilines is 2. The van der Waals surface area contributed by atoms with Crippen molar-refractivity contribution in [2.45, 2.75) is 12.5 Å². The van der Waals surface area contributed by atoms with Crippen molar-refractivity contribution in [3.63, 3.8) is 0 Å². The Hall–Kier alpha value is -2.45. The fourth-order valence-electron chi connectivity index (χ4n) is 1.97. The van der Waals surface area contributed by atoms with E-state index in [9.17, 15) is 8.78 Å². The summed E-state index contributed by atoms with van der Waals surface area (Å²) in [5.41, 5.74) is 7.78. The Labute approximate surface area is 135 Å². The van der Waals surface area contributed by atoms with E-state index >= 15 is 0 Å². The first kappa shape index (κ1) is 15.4. The average molecular weight is 333 g/mol. The van der Waals surface area contributed by atoms with E-state index < -0.39 is 5.82 Å². The van der Waals surface area contributed by atoms with E-state index in [1.807, 2.05) is 5.38 Å². The normalized spacial score (nSPS) is 12.1. The highest BCUT2D eigenvalue weighted by Crippen LogP contribution is 2.23. The van der Waals surface area contributed by atoms with Crippen molar-refractivity contribution < 1.29 is 8.78 Å². The standard InChI is InChI=1S/C15H13F2N5S/c16-10-3-1-9(2-4-10)5-12(18)13-8-23-15(21-13)22-14-19-6-11(17)7-20-14/h1-4,6-8,12H,5,18H2,(H,19,20,21,22)/t12-/m0/s1. The van der Waals surface area contributed by atoms with Crippen LogP contribution >= 0.6 is 11.3 Å². The van der Waals surface area contributed by atoms with Gasteiger partial charge in [-0.05, 0) is 24.1 Å². The van der Waals surface area contributed by atoms with Gasteiger partial charge in [0.05, 0.1) is 24.1 Å². The maximum atomic E-state index is 12.9. The highest BCUT2D eigenvalue weighted by Gasteiger charge is 2.12. The predicted molar refractivity (Wildman–Crippen MR) is 84.4 cm³/mol. The first-order valence-corrected chi connectivity index (χ1v) is 7.68. The zero-order chi connectivity index (χ0) is 16.2. The molecule has 0 radical (unpaired) electrons. The molecule has 118 valence electrons. The number of hydrogen-bond donors (Lipinski definition) is 2. The second-order valence-corrected chi connectivity index (χ2v) is 5.72. The Morgan fingerprint density at radius 2 is 1.78 bits per heavy atom. The van der Waals surface area contributed by atoms with Gasteiger partial charge in [0.1, 0.15) is 5.82 Å². The lowest BCUT2D eigenvalue weighted by atomic mass is 10.0. The van der Waals surface area contributed by atoms with E-state index in [2.05, 4.69) is 20.3 Å². The minimum Gasteiger partial charge on any atom is -0.322 e. The summed E-state index contributed by atoms with van der Waals surface area (Å²) in [7, 11) is 0. The number of nitrogens with two attached hydrogens (primary N) is 1. The summed E-state index contributed by atoms with van der Waals surface area (Å²) < 4.78 is 25.7. The second-order valence-electron chi connectivity index (χ2n) is 4.86. The van der Waals surface area contributed by atoms with Crippen LogP contribution in [0.4, 0.5) is 19.9 Å². The highest BCUT2D eigenvalue weighted by atomic mass is 32.1. The molecule has 2 heterocycles. The molecule has 1 aromatic carbocycles. The van der Waals surface area contributed by atoms with Crippen molar-refractivity contribution in [1.82, 2.24) is 15.0 Å². The lowest BCUT2D eigenvalue weighted by molar-refractivity contribution is 0.614. The first-order valence-electron chi connectivity index (χ1n) is 6.80. The molecule has 0 saturated carbocycles. The Bertz CT molecular complexity index is 773. The number of rotatable bonds is 5. The summed E-state index contributed by atoms with van der Waals surface area (Å²) in [6, 6.07) is 5.91. The van der Waals surface area contributed by atoms with Crippen molar-refractivity contribution in [2.75, 3.05) is 5.32 Å². The van der Waals surface area contributed by atoms with E-state index in [0.29, 0.717) is 17.2 Å². The van der Waals surface area contributed by atoms with Crippen molar-refractivity contribution >= 4 is 22.4 Å². The Kier molecular flexibility index (Phi) is 4.54. The molecule has 0 aliphatic heterocycles. The molecule has 0 aliphatic rings. The van der Waals surface area contributed by atoms with Crippen LogP contribution in [0.25, 0.3) is 0 Å². The molecule has 3 aromatic rings. The molecule has 0 spiro atoms. The molecule has 8 heteroatoms. The summed E-state index contributed by atoms with van der Waals surface area (Å²) in [6.45, 7) is 0. The summed E-state index contributed by atoms with van der Waals surface area (Å²) >= 11 is 1.35. The minimum atomic E-state index is -0.503. The van der Waals surface area contributed by atoms with E-state index in [1.165, 1.54) is 23.5 Å². The Balaban J connectivity index is 1.66. The van der Waals surface area contributed by atoms with E-state index in [4.69, 9.17) is 5.73 Å². The van der Waals surface area contributed by atoms with Gasteiger partial charge in [0.25, 0.3) is 0 Å². The van der Waals surface area contributed by atoms with Gasteiger partial charge in [-0.1, -0.05) is 12.1 Å². The van der Waals surface area contributed by atoms with E-state index in [1.54, 1.807) is 12.1 Å². The van der Waals surface area contributed by atoms with Gasteiger partial charge >= 0.3 is 0 Å². The number of halogens is 2. The third-order valence-corrected chi connectivity index (χ3v) is 3.89. The summed E-state index contributed by atoms with van der Waals surface area (Å²) in [5.74, 6) is -0.516. The molecule has 0 aliphatic carbocycles. The van der Waals surface area contributed by atoms with Gasteiger partial charge < -0.3 is 11.1 Å². The Morgan fingerprint density at radius 1 is 1.09 bits per heavy atom. The zero-order valence-electron chi connectivity index (χ0n) is 11.9. The van der Waals surface area contributed by atoms with Gasteiger partial charge in [-0.3, -0.25) is 0 Å². The number of aromatic nitrogens is 3. The SMILES string of the molecule is N[C@@H](Cc1ccc(F)cc1)c1csc(Nc2ncc(F)cn2)n1.